The van der Waals surface area contributed by atoms with Gasteiger partial charge in [0.1, 0.15) is 29.1 Å². The van der Waals surface area contributed by atoms with Gasteiger partial charge in [-0.1, -0.05) is 42.5 Å². The fourth-order valence-corrected chi connectivity index (χ4v) is 6.49. The average molecular weight is 584 g/mol. The van der Waals surface area contributed by atoms with Crippen molar-refractivity contribution >= 4 is 27.7 Å². The van der Waals surface area contributed by atoms with Crippen LogP contribution in [0.1, 0.15) is 40.4 Å². The first-order valence-corrected chi connectivity index (χ1v) is 14.4. The van der Waals surface area contributed by atoms with Crippen molar-refractivity contribution in [3.05, 3.63) is 101 Å². The topological polar surface area (TPSA) is 113 Å². The standard InChI is InChI=1S/C29H27F2N3O6S/c30-20-13-11-19(12-14-20)17-33(26(35)18-34-29(37)23-8-2-4-10-25(23)41(34,38)39)27(22-7-1-3-9-24(22)31)28(36)32-16-21-6-5-15-40-21/h1-4,7-14,21,27H,5-6,15-18H2,(H,32,36)/t21-,27-/m0/s1. The maximum absolute atomic E-state index is 15.2. The van der Waals surface area contributed by atoms with Crippen molar-refractivity contribution in [2.75, 3.05) is 19.7 Å². The molecule has 0 aliphatic carbocycles. The summed E-state index contributed by atoms with van der Waals surface area (Å²) >= 11 is 0. The van der Waals surface area contributed by atoms with Crippen LogP contribution in [-0.4, -0.2) is 61.1 Å². The fraction of sp³-hybridized carbons (Fsp3) is 0.276. The van der Waals surface area contributed by atoms with Gasteiger partial charge in [-0.15, -0.1) is 0 Å². The zero-order valence-electron chi connectivity index (χ0n) is 21.8. The molecule has 1 saturated heterocycles. The third-order valence-corrected chi connectivity index (χ3v) is 8.85. The van der Waals surface area contributed by atoms with E-state index < -0.39 is 52.0 Å². The highest BCUT2D eigenvalue weighted by Crippen LogP contribution is 2.32. The summed E-state index contributed by atoms with van der Waals surface area (Å²) in [6.07, 6.45) is 1.30. The molecule has 41 heavy (non-hydrogen) atoms. The number of carbonyl (C=O) groups is 3. The normalized spacial score (nSPS) is 18.1. The molecular weight excluding hydrogens is 556 g/mol. The zero-order chi connectivity index (χ0) is 29.1. The smallest absolute Gasteiger partial charge is 0.269 e. The van der Waals surface area contributed by atoms with Crippen molar-refractivity contribution in [1.29, 1.82) is 0 Å². The predicted molar refractivity (Wildman–Crippen MR) is 143 cm³/mol. The molecule has 214 valence electrons. The summed E-state index contributed by atoms with van der Waals surface area (Å²) in [6.45, 7) is -0.564. The Morgan fingerprint density at radius 2 is 1.73 bits per heavy atom. The SMILES string of the molecule is O=C(NC[C@@H]1CCCO1)[C@H](c1ccccc1F)N(Cc1ccc(F)cc1)C(=O)CN1C(=O)c2ccccc2S1(=O)=O. The molecule has 2 aliphatic heterocycles. The van der Waals surface area contributed by atoms with Gasteiger partial charge in [-0.25, -0.2) is 21.5 Å². The average Bonchev–Trinajstić information content (AvgIpc) is 3.55. The zero-order valence-corrected chi connectivity index (χ0v) is 22.7. The van der Waals surface area contributed by atoms with Gasteiger partial charge in [-0.05, 0) is 48.7 Å². The van der Waals surface area contributed by atoms with Crippen LogP contribution in [0.2, 0.25) is 0 Å². The Balaban J connectivity index is 1.52. The molecule has 0 unspecified atom stereocenters. The summed E-state index contributed by atoms with van der Waals surface area (Å²) in [6, 6.07) is 14.6. The van der Waals surface area contributed by atoms with Crippen LogP contribution in [-0.2, 0) is 30.9 Å². The Kier molecular flexibility index (Phi) is 8.13. The highest BCUT2D eigenvalue weighted by molar-refractivity contribution is 7.90. The second kappa shape index (κ2) is 11.8. The Morgan fingerprint density at radius 3 is 2.41 bits per heavy atom. The van der Waals surface area contributed by atoms with Crippen LogP contribution in [0.15, 0.2) is 77.7 Å². The van der Waals surface area contributed by atoms with E-state index in [2.05, 4.69) is 5.32 Å². The second-order valence-corrected chi connectivity index (χ2v) is 11.6. The quantitative estimate of drug-likeness (QED) is 0.414. The van der Waals surface area contributed by atoms with E-state index >= 15 is 4.39 Å². The molecule has 0 spiro atoms. The summed E-state index contributed by atoms with van der Waals surface area (Å²) in [4.78, 5) is 41.4. The molecule has 9 nitrogen and oxygen atoms in total. The lowest BCUT2D eigenvalue weighted by molar-refractivity contribution is -0.141. The number of fused-ring (bicyclic) bond motifs is 1. The lowest BCUT2D eigenvalue weighted by Crippen LogP contribution is -2.49. The van der Waals surface area contributed by atoms with E-state index in [0.29, 0.717) is 16.5 Å². The van der Waals surface area contributed by atoms with Crippen molar-refractivity contribution in [1.82, 2.24) is 14.5 Å². The Morgan fingerprint density at radius 1 is 1.02 bits per heavy atom. The summed E-state index contributed by atoms with van der Waals surface area (Å²) in [5.41, 5.74) is 0.184. The van der Waals surface area contributed by atoms with Gasteiger partial charge in [0, 0.05) is 25.3 Å². The number of carbonyl (C=O) groups excluding carboxylic acids is 3. The van der Waals surface area contributed by atoms with Crippen LogP contribution in [0, 0.1) is 11.6 Å². The van der Waals surface area contributed by atoms with Crippen molar-refractivity contribution in [2.24, 2.45) is 0 Å². The Bertz CT molecular complexity index is 1580. The summed E-state index contributed by atoms with van der Waals surface area (Å²) in [5, 5.41) is 2.73. The number of halogens is 2. The molecule has 1 fully saturated rings. The minimum atomic E-state index is -4.35. The van der Waals surface area contributed by atoms with E-state index in [1.807, 2.05) is 0 Å². The van der Waals surface area contributed by atoms with Gasteiger partial charge in [0.2, 0.25) is 11.8 Å². The van der Waals surface area contributed by atoms with Crippen molar-refractivity contribution in [3.8, 4) is 0 Å². The fourth-order valence-electron chi connectivity index (χ4n) is 4.97. The molecule has 1 N–H and O–H groups in total. The largest absolute Gasteiger partial charge is 0.376 e. The Labute approximate surface area is 235 Å². The molecule has 3 aromatic rings. The number of benzene rings is 3. The lowest BCUT2D eigenvalue weighted by Gasteiger charge is -2.33. The van der Waals surface area contributed by atoms with Gasteiger partial charge in [0.15, 0.2) is 0 Å². The van der Waals surface area contributed by atoms with E-state index in [9.17, 15) is 27.2 Å². The van der Waals surface area contributed by atoms with Crippen LogP contribution in [0.5, 0.6) is 0 Å². The molecule has 0 aromatic heterocycles. The molecule has 2 aliphatic rings. The summed E-state index contributed by atoms with van der Waals surface area (Å²) in [5.74, 6) is -3.84. The van der Waals surface area contributed by atoms with Crippen LogP contribution >= 0.6 is 0 Å². The molecule has 2 atom stereocenters. The molecule has 0 bridgehead atoms. The lowest BCUT2D eigenvalue weighted by atomic mass is 10.0. The van der Waals surface area contributed by atoms with Gasteiger partial charge >= 0.3 is 0 Å². The van der Waals surface area contributed by atoms with Gasteiger partial charge in [0.05, 0.1) is 11.7 Å². The number of hydrogen-bond acceptors (Lipinski definition) is 6. The maximum Gasteiger partial charge on any atom is 0.269 e. The van der Waals surface area contributed by atoms with E-state index in [4.69, 9.17) is 4.74 Å². The minimum absolute atomic E-state index is 0.0784. The monoisotopic (exact) mass is 583 g/mol. The van der Waals surface area contributed by atoms with Crippen LogP contribution in [0.4, 0.5) is 8.78 Å². The number of sulfonamides is 1. The van der Waals surface area contributed by atoms with Gasteiger partial charge < -0.3 is 15.0 Å². The first-order chi connectivity index (χ1) is 19.7. The van der Waals surface area contributed by atoms with Crippen molar-refractivity contribution < 1.29 is 36.3 Å². The summed E-state index contributed by atoms with van der Waals surface area (Å²) < 4.78 is 61.2. The highest BCUT2D eigenvalue weighted by Gasteiger charge is 2.44. The van der Waals surface area contributed by atoms with Crippen LogP contribution < -0.4 is 5.32 Å². The third kappa shape index (κ3) is 5.84. The molecule has 2 heterocycles. The number of ether oxygens (including phenoxy) is 1. The molecular formula is C29H27F2N3O6S. The molecule has 3 amide bonds. The molecule has 12 heteroatoms. The maximum atomic E-state index is 15.2. The Hall–Kier alpha value is -4.16. The highest BCUT2D eigenvalue weighted by atomic mass is 32.2. The number of nitrogens with one attached hydrogen (secondary N) is 1. The molecule has 3 aromatic carbocycles. The molecule has 0 radical (unpaired) electrons. The van der Waals surface area contributed by atoms with Gasteiger partial charge in [-0.2, -0.15) is 0 Å². The van der Waals surface area contributed by atoms with Crippen LogP contribution in [0.3, 0.4) is 0 Å². The first-order valence-electron chi connectivity index (χ1n) is 13.0. The number of nitrogens with zero attached hydrogens (tertiary/aromatic N) is 2. The number of amides is 3. The van der Waals surface area contributed by atoms with Crippen molar-refractivity contribution in [2.45, 2.75) is 36.4 Å². The second-order valence-electron chi connectivity index (χ2n) is 9.77. The summed E-state index contributed by atoms with van der Waals surface area (Å²) in [7, 11) is -4.35. The van der Waals surface area contributed by atoms with E-state index in [0.717, 1.165) is 23.8 Å². The molecule has 0 saturated carbocycles. The third-order valence-electron chi connectivity index (χ3n) is 7.07. The van der Waals surface area contributed by atoms with E-state index in [1.165, 1.54) is 66.7 Å². The van der Waals surface area contributed by atoms with E-state index in [1.54, 1.807) is 0 Å². The van der Waals surface area contributed by atoms with Crippen molar-refractivity contribution in [3.63, 3.8) is 0 Å². The minimum Gasteiger partial charge on any atom is -0.376 e. The predicted octanol–water partition coefficient (Wildman–Crippen LogP) is 3.17. The number of rotatable bonds is 9. The number of hydrogen-bond donors (Lipinski definition) is 1. The van der Waals surface area contributed by atoms with E-state index in [-0.39, 0.29) is 35.2 Å². The van der Waals surface area contributed by atoms with Gasteiger partial charge in [-0.3, -0.25) is 14.4 Å². The van der Waals surface area contributed by atoms with Crippen LogP contribution in [0.25, 0.3) is 0 Å². The first kappa shape index (κ1) is 28.4. The van der Waals surface area contributed by atoms with Gasteiger partial charge in [0.25, 0.3) is 15.9 Å². The molecule has 5 rings (SSSR count).